The third-order valence-electron chi connectivity index (χ3n) is 1.14. The molecule has 0 amide bonds. The van der Waals surface area contributed by atoms with Gasteiger partial charge in [-0.2, -0.15) is 5.10 Å². The van der Waals surface area contributed by atoms with Crippen molar-refractivity contribution in [3.8, 4) is 0 Å². The van der Waals surface area contributed by atoms with Gasteiger partial charge in [-0.15, -0.1) is 0 Å². The van der Waals surface area contributed by atoms with Gasteiger partial charge < -0.3 is 5.01 Å². The minimum atomic E-state index is 1.06. The normalized spacial score (nSPS) is 10.4. The molecule has 0 radical (unpaired) electrons. The SMILES string of the molecule is CN(C)N=Cc1ccncc1. The Bertz CT molecular complexity index is 228. The van der Waals surface area contributed by atoms with Crippen molar-refractivity contribution in [1.29, 1.82) is 0 Å². The predicted octanol–water partition coefficient (Wildman–Crippen LogP) is 0.977. The van der Waals surface area contributed by atoms with E-state index < -0.39 is 0 Å². The van der Waals surface area contributed by atoms with Crippen LogP contribution in [0, 0.1) is 0 Å². The lowest BCUT2D eigenvalue weighted by Crippen LogP contribution is -2.01. The Labute approximate surface area is 66.4 Å². The topological polar surface area (TPSA) is 28.5 Å². The summed E-state index contributed by atoms with van der Waals surface area (Å²) >= 11 is 0. The number of nitrogens with zero attached hydrogens (tertiary/aromatic N) is 3. The molecule has 0 N–H and O–H groups in total. The van der Waals surface area contributed by atoms with Gasteiger partial charge in [0, 0.05) is 26.5 Å². The van der Waals surface area contributed by atoms with Crippen molar-refractivity contribution in [3.05, 3.63) is 30.1 Å². The van der Waals surface area contributed by atoms with E-state index in [1.165, 1.54) is 0 Å². The molecule has 3 heteroatoms. The van der Waals surface area contributed by atoms with Gasteiger partial charge in [-0.25, -0.2) is 0 Å². The lowest BCUT2D eigenvalue weighted by molar-refractivity contribution is 0.440. The van der Waals surface area contributed by atoms with Gasteiger partial charge in [0.25, 0.3) is 0 Å². The molecule has 3 nitrogen and oxygen atoms in total. The molecule has 0 spiro atoms. The highest BCUT2D eigenvalue weighted by Crippen LogP contribution is 1.91. The van der Waals surface area contributed by atoms with Crippen molar-refractivity contribution in [2.45, 2.75) is 0 Å². The molecule has 11 heavy (non-hydrogen) atoms. The zero-order chi connectivity index (χ0) is 8.10. The van der Waals surface area contributed by atoms with Crippen LogP contribution in [0.1, 0.15) is 5.56 Å². The highest BCUT2D eigenvalue weighted by atomic mass is 15.4. The summed E-state index contributed by atoms with van der Waals surface area (Å²) < 4.78 is 0. The van der Waals surface area contributed by atoms with Crippen molar-refractivity contribution < 1.29 is 0 Å². The van der Waals surface area contributed by atoms with Gasteiger partial charge in [0.2, 0.25) is 0 Å². The number of pyridine rings is 1. The molecule has 1 aromatic heterocycles. The van der Waals surface area contributed by atoms with E-state index in [1.54, 1.807) is 23.6 Å². The predicted molar refractivity (Wildman–Crippen MR) is 45.5 cm³/mol. The fourth-order valence-electron chi connectivity index (χ4n) is 0.632. The lowest BCUT2D eigenvalue weighted by atomic mass is 10.3. The number of hydrazone groups is 1. The quantitative estimate of drug-likeness (QED) is 0.463. The lowest BCUT2D eigenvalue weighted by Gasteiger charge is -2.01. The van der Waals surface area contributed by atoms with E-state index in [9.17, 15) is 0 Å². The molecular weight excluding hydrogens is 138 g/mol. The van der Waals surface area contributed by atoms with Gasteiger partial charge in [0.15, 0.2) is 0 Å². The van der Waals surface area contributed by atoms with Crippen LogP contribution in [0.25, 0.3) is 0 Å². The Morgan fingerprint density at radius 1 is 1.36 bits per heavy atom. The first kappa shape index (κ1) is 7.72. The third-order valence-corrected chi connectivity index (χ3v) is 1.14. The summed E-state index contributed by atoms with van der Waals surface area (Å²) in [4.78, 5) is 3.90. The molecule has 0 aliphatic heterocycles. The van der Waals surface area contributed by atoms with Gasteiger partial charge in [0.1, 0.15) is 0 Å². The Balaban J connectivity index is 2.65. The maximum atomic E-state index is 4.08. The standard InChI is InChI=1S/C8H11N3/c1-11(2)10-7-8-3-5-9-6-4-8/h3-7H,1-2H3. The molecule has 1 aromatic rings. The first-order chi connectivity index (χ1) is 5.29. The number of aromatic nitrogens is 1. The summed E-state index contributed by atoms with van der Waals surface area (Å²) in [6, 6.07) is 3.82. The van der Waals surface area contributed by atoms with Crippen molar-refractivity contribution in [1.82, 2.24) is 9.99 Å². The number of hydrogen-bond donors (Lipinski definition) is 0. The molecule has 0 aromatic carbocycles. The minimum Gasteiger partial charge on any atom is -0.303 e. The fourth-order valence-corrected chi connectivity index (χ4v) is 0.632. The van der Waals surface area contributed by atoms with Gasteiger partial charge in [-0.05, 0) is 17.7 Å². The Morgan fingerprint density at radius 3 is 2.55 bits per heavy atom. The maximum Gasteiger partial charge on any atom is 0.0543 e. The Kier molecular flexibility index (Phi) is 2.60. The highest BCUT2D eigenvalue weighted by molar-refractivity contribution is 5.78. The molecule has 1 heterocycles. The smallest absolute Gasteiger partial charge is 0.0543 e. The van der Waals surface area contributed by atoms with Gasteiger partial charge in [-0.1, -0.05) is 0 Å². The van der Waals surface area contributed by atoms with Crippen molar-refractivity contribution in [3.63, 3.8) is 0 Å². The van der Waals surface area contributed by atoms with Crippen molar-refractivity contribution >= 4 is 6.21 Å². The molecule has 0 aliphatic carbocycles. The Morgan fingerprint density at radius 2 is 2.00 bits per heavy atom. The molecule has 1 rings (SSSR count). The molecule has 0 fully saturated rings. The van der Waals surface area contributed by atoms with Gasteiger partial charge in [0.05, 0.1) is 6.21 Å². The van der Waals surface area contributed by atoms with Crippen LogP contribution >= 0.6 is 0 Å². The maximum absolute atomic E-state index is 4.08. The van der Waals surface area contributed by atoms with Crippen LogP contribution in [0.2, 0.25) is 0 Å². The van der Waals surface area contributed by atoms with E-state index in [1.807, 2.05) is 26.2 Å². The zero-order valence-corrected chi connectivity index (χ0v) is 6.73. The summed E-state index contributed by atoms with van der Waals surface area (Å²) in [6.07, 6.45) is 5.29. The van der Waals surface area contributed by atoms with Crippen LogP contribution in [0.15, 0.2) is 29.6 Å². The average molecular weight is 149 g/mol. The van der Waals surface area contributed by atoms with E-state index in [0.29, 0.717) is 0 Å². The highest BCUT2D eigenvalue weighted by Gasteiger charge is 1.83. The molecule has 0 saturated heterocycles. The average Bonchev–Trinajstić information content (AvgIpc) is 2.03. The molecule has 58 valence electrons. The molecular formula is C8H11N3. The summed E-state index contributed by atoms with van der Waals surface area (Å²) in [6.45, 7) is 0. The van der Waals surface area contributed by atoms with Crippen LogP contribution < -0.4 is 0 Å². The third kappa shape index (κ3) is 2.80. The van der Waals surface area contributed by atoms with Crippen LogP contribution in [0.3, 0.4) is 0 Å². The second-order valence-corrected chi connectivity index (χ2v) is 2.37. The van der Waals surface area contributed by atoms with Gasteiger partial charge >= 0.3 is 0 Å². The monoisotopic (exact) mass is 149 g/mol. The summed E-state index contributed by atoms with van der Waals surface area (Å²) in [5, 5.41) is 5.83. The second kappa shape index (κ2) is 3.71. The van der Waals surface area contributed by atoms with Crippen LogP contribution in [-0.2, 0) is 0 Å². The molecule has 0 aliphatic rings. The van der Waals surface area contributed by atoms with E-state index in [-0.39, 0.29) is 0 Å². The van der Waals surface area contributed by atoms with Crippen molar-refractivity contribution in [2.75, 3.05) is 14.1 Å². The van der Waals surface area contributed by atoms with Gasteiger partial charge in [-0.3, -0.25) is 4.98 Å². The fraction of sp³-hybridized carbons (Fsp3) is 0.250. The van der Waals surface area contributed by atoms with E-state index in [4.69, 9.17) is 0 Å². The minimum absolute atomic E-state index is 1.06. The van der Waals surface area contributed by atoms with Crippen molar-refractivity contribution in [2.24, 2.45) is 5.10 Å². The van der Waals surface area contributed by atoms with Crippen LogP contribution in [0.5, 0.6) is 0 Å². The van der Waals surface area contributed by atoms with Crippen LogP contribution in [-0.4, -0.2) is 30.3 Å². The molecule has 0 atom stereocenters. The summed E-state index contributed by atoms with van der Waals surface area (Å²) in [5.41, 5.74) is 1.06. The number of rotatable bonds is 2. The molecule has 0 unspecified atom stereocenters. The number of hydrogen-bond acceptors (Lipinski definition) is 3. The first-order valence-corrected chi connectivity index (χ1v) is 3.40. The zero-order valence-electron chi connectivity index (χ0n) is 6.73. The second-order valence-electron chi connectivity index (χ2n) is 2.37. The summed E-state index contributed by atoms with van der Waals surface area (Å²) in [5.74, 6) is 0. The largest absolute Gasteiger partial charge is 0.303 e. The summed E-state index contributed by atoms with van der Waals surface area (Å²) in [7, 11) is 3.77. The van der Waals surface area contributed by atoms with E-state index >= 15 is 0 Å². The molecule has 0 saturated carbocycles. The molecule has 0 bridgehead atoms. The Hall–Kier alpha value is -1.38. The van der Waals surface area contributed by atoms with E-state index in [0.717, 1.165) is 5.56 Å². The first-order valence-electron chi connectivity index (χ1n) is 3.40. The van der Waals surface area contributed by atoms with Crippen LogP contribution in [0.4, 0.5) is 0 Å². The van der Waals surface area contributed by atoms with E-state index in [2.05, 4.69) is 10.1 Å².